The van der Waals surface area contributed by atoms with Crippen molar-refractivity contribution in [1.82, 2.24) is 0 Å². The van der Waals surface area contributed by atoms with E-state index in [0.717, 1.165) is 17.9 Å². The summed E-state index contributed by atoms with van der Waals surface area (Å²) in [6.45, 7) is 0. The molecule has 1 nitrogen and oxygen atoms in total. The molecule has 19 heavy (non-hydrogen) atoms. The standard InChI is InChI=1S/C16H20ClFO/c17-15-11-13(7-9-16(15)18)10-14(19)8-6-12-4-2-1-3-5-12/h7,9,11-12H,1-6,8,10H2. The van der Waals surface area contributed by atoms with Gasteiger partial charge in [-0.3, -0.25) is 4.79 Å². The molecule has 0 N–H and O–H groups in total. The molecule has 0 bridgehead atoms. The topological polar surface area (TPSA) is 17.1 Å². The van der Waals surface area contributed by atoms with Crippen molar-refractivity contribution in [2.75, 3.05) is 0 Å². The summed E-state index contributed by atoms with van der Waals surface area (Å²) in [6, 6.07) is 4.52. The number of carbonyl (C=O) groups is 1. The molecule has 0 aliphatic heterocycles. The lowest BCUT2D eigenvalue weighted by atomic mass is 9.85. The zero-order chi connectivity index (χ0) is 13.7. The lowest BCUT2D eigenvalue weighted by Gasteiger charge is -2.20. The largest absolute Gasteiger partial charge is 0.299 e. The predicted octanol–water partition coefficient (Wildman–Crippen LogP) is 4.95. The Morgan fingerprint density at radius 2 is 2.00 bits per heavy atom. The van der Waals surface area contributed by atoms with Crippen LogP contribution in [0.25, 0.3) is 0 Å². The van der Waals surface area contributed by atoms with Crippen molar-refractivity contribution >= 4 is 17.4 Å². The fraction of sp³-hybridized carbons (Fsp3) is 0.562. The van der Waals surface area contributed by atoms with Crippen molar-refractivity contribution in [1.29, 1.82) is 0 Å². The van der Waals surface area contributed by atoms with Gasteiger partial charge in [0.25, 0.3) is 0 Å². The second kappa shape index (κ2) is 7.04. The van der Waals surface area contributed by atoms with Crippen molar-refractivity contribution in [3.8, 4) is 0 Å². The highest BCUT2D eigenvalue weighted by atomic mass is 35.5. The lowest BCUT2D eigenvalue weighted by molar-refractivity contribution is -0.118. The van der Waals surface area contributed by atoms with Crippen molar-refractivity contribution in [2.24, 2.45) is 5.92 Å². The molecule has 0 radical (unpaired) electrons. The van der Waals surface area contributed by atoms with Crippen molar-refractivity contribution in [2.45, 2.75) is 51.4 Å². The number of rotatable bonds is 5. The number of halogens is 2. The van der Waals surface area contributed by atoms with Gasteiger partial charge < -0.3 is 0 Å². The minimum absolute atomic E-state index is 0.0950. The van der Waals surface area contributed by atoms with Gasteiger partial charge in [0, 0.05) is 12.8 Å². The molecular weight excluding hydrogens is 263 g/mol. The van der Waals surface area contributed by atoms with Gasteiger partial charge in [0.15, 0.2) is 0 Å². The smallest absolute Gasteiger partial charge is 0.141 e. The molecule has 1 aliphatic rings. The number of carbonyl (C=O) groups excluding carboxylic acids is 1. The van der Waals surface area contributed by atoms with Crippen LogP contribution >= 0.6 is 11.6 Å². The predicted molar refractivity (Wildman–Crippen MR) is 75.9 cm³/mol. The van der Waals surface area contributed by atoms with Crippen molar-refractivity contribution < 1.29 is 9.18 Å². The first-order valence-electron chi connectivity index (χ1n) is 7.11. The van der Waals surface area contributed by atoms with E-state index in [9.17, 15) is 9.18 Å². The van der Waals surface area contributed by atoms with Gasteiger partial charge in [0.2, 0.25) is 0 Å². The molecule has 1 aromatic carbocycles. The van der Waals surface area contributed by atoms with E-state index >= 15 is 0 Å². The summed E-state index contributed by atoms with van der Waals surface area (Å²) in [6.07, 6.45) is 8.53. The molecule has 1 aliphatic carbocycles. The number of ketones is 1. The molecule has 0 unspecified atom stereocenters. The van der Waals surface area contributed by atoms with Gasteiger partial charge in [0.05, 0.1) is 5.02 Å². The lowest BCUT2D eigenvalue weighted by Crippen LogP contribution is -2.10. The second-order valence-corrected chi connectivity index (χ2v) is 5.91. The van der Waals surface area contributed by atoms with Gasteiger partial charge >= 0.3 is 0 Å². The van der Waals surface area contributed by atoms with Crippen LogP contribution in [0.3, 0.4) is 0 Å². The van der Waals surface area contributed by atoms with Gasteiger partial charge in [-0.1, -0.05) is 49.8 Å². The quantitative estimate of drug-likeness (QED) is 0.747. The third-order valence-corrected chi connectivity index (χ3v) is 4.23. The molecule has 0 atom stereocenters. The first-order valence-corrected chi connectivity index (χ1v) is 7.48. The van der Waals surface area contributed by atoms with Crippen molar-refractivity contribution in [3.05, 3.63) is 34.6 Å². The fourth-order valence-corrected chi connectivity index (χ4v) is 3.01. The Kier molecular flexibility index (Phi) is 5.38. The number of hydrogen-bond acceptors (Lipinski definition) is 1. The van der Waals surface area contributed by atoms with Gasteiger partial charge in [-0.15, -0.1) is 0 Å². The first-order chi connectivity index (χ1) is 9.15. The zero-order valence-corrected chi connectivity index (χ0v) is 11.9. The van der Waals surface area contributed by atoms with E-state index in [4.69, 9.17) is 11.6 Å². The van der Waals surface area contributed by atoms with Crippen LogP contribution in [0, 0.1) is 11.7 Å². The van der Waals surface area contributed by atoms with Crippen LogP contribution in [0.4, 0.5) is 4.39 Å². The summed E-state index contributed by atoms with van der Waals surface area (Å²) < 4.78 is 13.0. The minimum Gasteiger partial charge on any atom is -0.299 e. The summed E-state index contributed by atoms with van der Waals surface area (Å²) >= 11 is 5.71. The van der Waals surface area contributed by atoms with Crippen LogP contribution in [0.1, 0.15) is 50.5 Å². The summed E-state index contributed by atoms with van der Waals surface area (Å²) in [7, 11) is 0. The maximum absolute atomic E-state index is 13.0. The van der Waals surface area contributed by atoms with Gasteiger partial charge in [-0.2, -0.15) is 0 Å². The maximum atomic E-state index is 13.0. The molecule has 0 spiro atoms. The Hall–Kier alpha value is -0.890. The Labute approximate surface area is 119 Å². The molecule has 1 saturated carbocycles. The van der Waals surface area contributed by atoms with Crippen LogP contribution in [0.5, 0.6) is 0 Å². The highest BCUT2D eigenvalue weighted by molar-refractivity contribution is 6.30. The first kappa shape index (κ1) is 14.5. The molecule has 0 amide bonds. The summed E-state index contributed by atoms with van der Waals surface area (Å²) in [5.74, 6) is 0.530. The molecule has 0 aromatic heterocycles. The Balaban J connectivity index is 1.78. The SMILES string of the molecule is O=C(CCC1CCCCC1)Cc1ccc(F)c(Cl)c1. The number of Topliss-reactive ketones (excluding diaryl/α,β-unsaturated/α-hetero) is 1. The average Bonchev–Trinajstić information content (AvgIpc) is 2.42. The highest BCUT2D eigenvalue weighted by Crippen LogP contribution is 2.27. The van der Waals surface area contributed by atoms with E-state index in [1.165, 1.54) is 38.2 Å². The summed E-state index contributed by atoms with van der Waals surface area (Å²) in [5.41, 5.74) is 0.806. The molecule has 1 aromatic rings. The monoisotopic (exact) mass is 282 g/mol. The summed E-state index contributed by atoms with van der Waals surface area (Å²) in [5, 5.41) is 0.0950. The van der Waals surface area contributed by atoms with E-state index in [1.54, 1.807) is 12.1 Å². The van der Waals surface area contributed by atoms with Crippen molar-refractivity contribution in [3.63, 3.8) is 0 Å². The van der Waals surface area contributed by atoms with E-state index < -0.39 is 5.82 Å². The average molecular weight is 283 g/mol. The van der Waals surface area contributed by atoms with E-state index in [1.807, 2.05) is 0 Å². The van der Waals surface area contributed by atoms with E-state index in [0.29, 0.717) is 12.8 Å². The van der Waals surface area contributed by atoms with E-state index in [-0.39, 0.29) is 10.8 Å². The molecule has 3 heteroatoms. The second-order valence-electron chi connectivity index (χ2n) is 5.51. The Bertz CT molecular complexity index is 438. The van der Waals surface area contributed by atoms with Crippen LogP contribution in [-0.2, 0) is 11.2 Å². The molecule has 1 fully saturated rings. The molecule has 0 saturated heterocycles. The third-order valence-electron chi connectivity index (χ3n) is 3.94. The highest BCUT2D eigenvalue weighted by Gasteiger charge is 2.15. The number of hydrogen-bond donors (Lipinski definition) is 0. The molecular formula is C16H20ClFO. The third kappa shape index (κ3) is 4.61. The Morgan fingerprint density at radius 1 is 1.26 bits per heavy atom. The van der Waals surface area contributed by atoms with Crippen LogP contribution in [-0.4, -0.2) is 5.78 Å². The van der Waals surface area contributed by atoms with Crippen LogP contribution in [0.2, 0.25) is 5.02 Å². The molecule has 104 valence electrons. The van der Waals surface area contributed by atoms with Gasteiger partial charge in [-0.25, -0.2) is 4.39 Å². The molecule has 2 rings (SSSR count). The Morgan fingerprint density at radius 3 is 2.68 bits per heavy atom. The number of benzene rings is 1. The maximum Gasteiger partial charge on any atom is 0.141 e. The minimum atomic E-state index is -0.430. The van der Waals surface area contributed by atoms with Gasteiger partial charge in [-0.05, 0) is 30.0 Å². The summed E-state index contributed by atoms with van der Waals surface area (Å²) in [4.78, 5) is 11.9. The van der Waals surface area contributed by atoms with E-state index in [2.05, 4.69) is 0 Å². The zero-order valence-electron chi connectivity index (χ0n) is 11.1. The van der Waals surface area contributed by atoms with Gasteiger partial charge in [0.1, 0.15) is 11.6 Å². The normalized spacial score (nSPS) is 16.5. The van der Waals surface area contributed by atoms with Crippen LogP contribution in [0.15, 0.2) is 18.2 Å². The van der Waals surface area contributed by atoms with Crippen LogP contribution < -0.4 is 0 Å². The molecule has 0 heterocycles. The fourth-order valence-electron chi connectivity index (χ4n) is 2.81.